The van der Waals surface area contributed by atoms with Crippen molar-refractivity contribution in [3.05, 3.63) is 61.6 Å². The Morgan fingerprint density at radius 2 is 2.00 bits per heavy atom. The average Bonchev–Trinajstić information content (AvgIpc) is 2.28. The maximum Gasteiger partial charge on any atom is 0.265 e. The van der Waals surface area contributed by atoms with Crippen LogP contribution in [0.3, 0.4) is 0 Å². The Bertz CT molecular complexity index is 640. The Hall–Kier alpha value is -2.01. The molecular weight excluding hydrogens is 242 g/mol. The summed E-state index contributed by atoms with van der Waals surface area (Å²) in [5, 5.41) is 2.87. The average molecular weight is 252 g/mol. The van der Waals surface area contributed by atoms with Crippen LogP contribution in [-0.2, 0) is 6.54 Å². The van der Waals surface area contributed by atoms with Gasteiger partial charge in [0.05, 0.1) is 6.54 Å². The van der Waals surface area contributed by atoms with E-state index in [4.69, 9.17) is 17.3 Å². The zero-order valence-electron chi connectivity index (χ0n) is 8.81. The molecule has 0 aliphatic carbocycles. The lowest BCUT2D eigenvalue weighted by molar-refractivity contribution is 0.628. The van der Waals surface area contributed by atoms with Gasteiger partial charge in [-0.15, -0.1) is 0 Å². The third-order valence-corrected chi connectivity index (χ3v) is 2.71. The molecule has 6 heteroatoms. The van der Waals surface area contributed by atoms with Gasteiger partial charge in [0.2, 0.25) is 0 Å². The molecule has 0 aliphatic heterocycles. The van der Waals surface area contributed by atoms with E-state index in [0.29, 0.717) is 16.3 Å². The quantitative estimate of drug-likeness (QED) is 0.776. The largest absolute Gasteiger partial charge is 0.398 e. The molecule has 88 valence electrons. The van der Waals surface area contributed by atoms with Crippen molar-refractivity contribution in [3.8, 4) is 0 Å². The fourth-order valence-corrected chi connectivity index (χ4v) is 1.72. The summed E-state index contributed by atoms with van der Waals surface area (Å²) in [6.07, 6.45) is 0. The molecule has 0 bridgehead atoms. The molecule has 0 amide bonds. The second kappa shape index (κ2) is 4.47. The van der Waals surface area contributed by atoms with Crippen molar-refractivity contribution in [1.82, 2.24) is 9.78 Å². The van der Waals surface area contributed by atoms with Crippen LogP contribution in [0.15, 0.2) is 39.9 Å². The number of benzene rings is 1. The van der Waals surface area contributed by atoms with Crippen molar-refractivity contribution < 1.29 is 0 Å². The lowest BCUT2D eigenvalue weighted by Crippen LogP contribution is -2.28. The number of nitrogens with two attached hydrogens (primary N) is 1. The monoisotopic (exact) mass is 251 g/mol. The van der Waals surface area contributed by atoms with E-state index in [1.54, 1.807) is 18.2 Å². The van der Waals surface area contributed by atoms with E-state index < -0.39 is 0 Å². The van der Waals surface area contributed by atoms with Crippen molar-refractivity contribution in [2.24, 2.45) is 0 Å². The Morgan fingerprint density at radius 1 is 1.24 bits per heavy atom. The molecule has 1 aromatic heterocycles. The number of rotatable bonds is 2. The van der Waals surface area contributed by atoms with Crippen LogP contribution in [-0.4, -0.2) is 9.78 Å². The smallest absolute Gasteiger partial charge is 0.265 e. The summed E-state index contributed by atoms with van der Waals surface area (Å²) in [6, 6.07) is 7.46. The molecular formula is C11H10ClN3O2. The molecule has 0 atom stereocenters. The maximum atomic E-state index is 11.5. The van der Waals surface area contributed by atoms with Gasteiger partial charge in [-0.05, 0) is 12.1 Å². The van der Waals surface area contributed by atoms with Gasteiger partial charge in [0, 0.05) is 28.4 Å². The van der Waals surface area contributed by atoms with Crippen LogP contribution in [0.1, 0.15) is 5.56 Å². The van der Waals surface area contributed by atoms with E-state index in [-0.39, 0.29) is 17.7 Å². The highest BCUT2D eigenvalue weighted by molar-refractivity contribution is 6.31. The van der Waals surface area contributed by atoms with Gasteiger partial charge in [-0.2, -0.15) is 0 Å². The van der Waals surface area contributed by atoms with Crippen molar-refractivity contribution in [3.63, 3.8) is 0 Å². The van der Waals surface area contributed by atoms with Crippen LogP contribution < -0.4 is 16.9 Å². The molecule has 0 spiro atoms. The molecule has 17 heavy (non-hydrogen) atoms. The van der Waals surface area contributed by atoms with E-state index in [1.807, 2.05) is 0 Å². The molecule has 2 aromatic rings. The second-order valence-electron chi connectivity index (χ2n) is 3.54. The third-order valence-electron chi connectivity index (χ3n) is 2.36. The van der Waals surface area contributed by atoms with Gasteiger partial charge >= 0.3 is 0 Å². The van der Waals surface area contributed by atoms with Crippen LogP contribution in [0.25, 0.3) is 0 Å². The SMILES string of the molecule is Nc1cccc(Cl)c1Cn1[nH]c(=O)ccc1=O. The van der Waals surface area contributed by atoms with E-state index in [1.165, 1.54) is 16.8 Å². The molecule has 0 saturated carbocycles. The van der Waals surface area contributed by atoms with Crippen molar-refractivity contribution in [2.45, 2.75) is 6.54 Å². The highest BCUT2D eigenvalue weighted by Crippen LogP contribution is 2.21. The number of nitrogen functional groups attached to an aromatic ring is 1. The molecule has 1 heterocycles. The summed E-state index contributed by atoms with van der Waals surface area (Å²) in [5.74, 6) is 0. The van der Waals surface area contributed by atoms with Gasteiger partial charge in [-0.25, -0.2) is 4.68 Å². The Labute approximate surface area is 101 Å². The number of anilines is 1. The molecule has 0 radical (unpaired) electrons. The van der Waals surface area contributed by atoms with E-state index >= 15 is 0 Å². The number of halogens is 1. The number of hydrogen-bond acceptors (Lipinski definition) is 3. The summed E-state index contributed by atoms with van der Waals surface area (Å²) in [4.78, 5) is 22.6. The van der Waals surface area contributed by atoms with E-state index in [9.17, 15) is 9.59 Å². The maximum absolute atomic E-state index is 11.5. The zero-order valence-corrected chi connectivity index (χ0v) is 9.57. The fourth-order valence-electron chi connectivity index (χ4n) is 1.48. The first kappa shape index (κ1) is 11.5. The summed E-state index contributed by atoms with van der Waals surface area (Å²) >= 11 is 5.98. The predicted octanol–water partition coefficient (Wildman–Crippen LogP) is 0.820. The van der Waals surface area contributed by atoms with Crippen LogP contribution in [0.2, 0.25) is 5.02 Å². The van der Waals surface area contributed by atoms with E-state index in [0.717, 1.165) is 0 Å². The fraction of sp³-hybridized carbons (Fsp3) is 0.0909. The highest BCUT2D eigenvalue weighted by atomic mass is 35.5. The lowest BCUT2D eigenvalue weighted by Gasteiger charge is -2.09. The first-order chi connectivity index (χ1) is 8.08. The van der Waals surface area contributed by atoms with Crippen LogP contribution in [0.5, 0.6) is 0 Å². The molecule has 2 rings (SSSR count). The van der Waals surface area contributed by atoms with Gasteiger partial charge in [-0.1, -0.05) is 17.7 Å². The summed E-state index contributed by atoms with van der Waals surface area (Å²) in [5.41, 5.74) is 6.19. The lowest BCUT2D eigenvalue weighted by atomic mass is 10.2. The van der Waals surface area contributed by atoms with Gasteiger partial charge in [0.1, 0.15) is 0 Å². The van der Waals surface area contributed by atoms with Gasteiger partial charge < -0.3 is 5.73 Å². The third kappa shape index (κ3) is 2.39. The molecule has 1 aromatic carbocycles. The molecule has 5 nitrogen and oxygen atoms in total. The van der Waals surface area contributed by atoms with Crippen molar-refractivity contribution >= 4 is 17.3 Å². The first-order valence-corrected chi connectivity index (χ1v) is 5.29. The van der Waals surface area contributed by atoms with Gasteiger partial charge in [-0.3, -0.25) is 14.7 Å². The second-order valence-corrected chi connectivity index (χ2v) is 3.95. The van der Waals surface area contributed by atoms with Crippen LogP contribution in [0, 0.1) is 0 Å². The minimum Gasteiger partial charge on any atom is -0.398 e. The van der Waals surface area contributed by atoms with E-state index in [2.05, 4.69) is 5.10 Å². The topological polar surface area (TPSA) is 80.9 Å². The molecule has 0 unspecified atom stereocenters. The normalized spacial score (nSPS) is 10.4. The summed E-state index contributed by atoms with van der Waals surface area (Å²) in [6.45, 7) is 0.139. The molecule has 3 N–H and O–H groups in total. The van der Waals surface area contributed by atoms with Crippen LogP contribution in [0.4, 0.5) is 5.69 Å². The number of H-pyrrole nitrogens is 1. The Kier molecular flexibility index (Phi) is 3.01. The Morgan fingerprint density at radius 3 is 2.71 bits per heavy atom. The molecule has 0 saturated heterocycles. The highest BCUT2D eigenvalue weighted by Gasteiger charge is 2.06. The van der Waals surface area contributed by atoms with Crippen molar-refractivity contribution in [2.75, 3.05) is 5.73 Å². The minimum atomic E-state index is -0.352. The first-order valence-electron chi connectivity index (χ1n) is 4.91. The number of nitrogens with zero attached hydrogens (tertiary/aromatic N) is 1. The number of aromatic amines is 1. The molecule has 0 aliphatic rings. The Balaban J connectivity index is 2.48. The van der Waals surface area contributed by atoms with Crippen LogP contribution >= 0.6 is 11.6 Å². The molecule has 0 fully saturated rings. The zero-order chi connectivity index (χ0) is 12.4. The summed E-state index contributed by atoms with van der Waals surface area (Å²) < 4.78 is 1.17. The number of nitrogens with one attached hydrogen (secondary N) is 1. The standard InChI is InChI=1S/C11H10ClN3O2/c12-8-2-1-3-9(13)7(8)6-15-11(17)5-4-10(16)14-15/h1-5H,6,13H2,(H,14,16). The summed E-state index contributed by atoms with van der Waals surface area (Å²) in [7, 11) is 0. The minimum absolute atomic E-state index is 0.139. The van der Waals surface area contributed by atoms with Crippen molar-refractivity contribution in [1.29, 1.82) is 0 Å². The van der Waals surface area contributed by atoms with Gasteiger partial charge in [0.25, 0.3) is 11.1 Å². The number of hydrogen-bond donors (Lipinski definition) is 2. The van der Waals surface area contributed by atoms with Gasteiger partial charge in [0.15, 0.2) is 0 Å². The predicted molar refractivity (Wildman–Crippen MR) is 66.3 cm³/mol. The number of aromatic nitrogens is 2.